The van der Waals surface area contributed by atoms with Crippen molar-refractivity contribution in [1.82, 2.24) is 0 Å². The summed E-state index contributed by atoms with van der Waals surface area (Å²) in [5, 5.41) is 7.75. The molecule has 0 bridgehead atoms. The molecule has 0 aromatic heterocycles. The van der Waals surface area contributed by atoms with Gasteiger partial charge in [0.1, 0.15) is 0 Å². The molecule has 0 amide bonds. The van der Waals surface area contributed by atoms with E-state index < -0.39 is 12.8 Å². The first-order valence-electron chi connectivity index (χ1n) is 2.77. The van der Waals surface area contributed by atoms with E-state index in [1.54, 1.807) is 22.6 Å². The molecular formula is C5H7IO5. The molecule has 0 aliphatic carbocycles. The number of esters is 1. The molecule has 0 aromatic carbocycles. The van der Waals surface area contributed by atoms with E-state index >= 15 is 0 Å². The van der Waals surface area contributed by atoms with Gasteiger partial charge in [-0.2, -0.15) is 4.89 Å². The van der Waals surface area contributed by atoms with E-state index in [-0.39, 0.29) is 16.6 Å². The fourth-order valence-corrected chi connectivity index (χ4v) is 0.634. The van der Waals surface area contributed by atoms with E-state index in [1.165, 1.54) is 0 Å². The van der Waals surface area contributed by atoms with Crippen LogP contribution in [0.5, 0.6) is 0 Å². The highest BCUT2D eigenvalue weighted by molar-refractivity contribution is 14.1. The zero-order valence-electron chi connectivity index (χ0n) is 5.58. The van der Waals surface area contributed by atoms with Crippen molar-refractivity contribution in [2.45, 2.75) is 12.8 Å². The SMILES string of the molecule is O=C(I)CCC(=O)OCOO. The molecular weight excluding hydrogens is 267 g/mol. The highest BCUT2D eigenvalue weighted by Crippen LogP contribution is 1.98. The van der Waals surface area contributed by atoms with E-state index in [0.717, 1.165) is 0 Å². The molecule has 11 heavy (non-hydrogen) atoms. The molecule has 0 saturated heterocycles. The van der Waals surface area contributed by atoms with Crippen LogP contribution in [-0.2, 0) is 19.2 Å². The molecule has 0 radical (unpaired) electrons. The van der Waals surface area contributed by atoms with Gasteiger partial charge in [-0.3, -0.25) is 9.59 Å². The minimum absolute atomic E-state index is 0.0190. The Balaban J connectivity index is 3.30. The summed E-state index contributed by atoms with van der Waals surface area (Å²) in [5.41, 5.74) is 0. The molecule has 0 unspecified atom stereocenters. The summed E-state index contributed by atoms with van der Waals surface area (Å²) in [6.45, 7) is -0.492. The fourth-order valence-electron chi connectivity index (χ4n) is 0.365. The summed E-state index contributed by atoms with van der Waals surface area (Å²) in [6, 6.07) is 0. The number of ether oxygens (including phenoxy) is 1. The second kappa shape index (κ2) is 6.50. The van der Waals surface area contributed by atoms with Crippen molar-refractivity contribution in [3.8, 4) is 0 Å². The first-order chi connectivity index (χ1) is 5.16. The number of carbonyl (C=O) groups is 2. The summed E-state index contributed by atoms with van der Waals surface area (Å²) in [7, 11) is 0. The zero-order chi connectivity index (χ0) is 8.69. The first kappa shape index (κ1) is 10.8. The van der Waals surface area contributed by atoms with Crippen molar-refractivity contribution in [3.05, 3.63) is 0 Å². The van der Waals surface area contributed by atoms with Crippen LogP contribution in [0.2, 0.25) is 0 Å². The van der Waals surface area contributed by atoms with Gasteiger partial charge in [0.05, 0.1) is 6.42 Å². The fraction of sp³-hybridized carbons (Fsp3) is 0.600. The third kappa shape index (κ3) is 7.69. The Morgan fingerprint density at radius 2 is 2.00 bits per heavy atom. The number of hydrogen-bond donors (Lipinski definition) is 1. The van der Waals surface area contributed by atoms with Crippen LogP contribution in [0.1, 0.15) is 12.8 Å². The second-order valence-electron chi connectivity index (χ2n) is 1.62. The molecule has 5 nitrogen and oxygen atoms in total. The van der Waals surface area contributed by atoms with Crippen LogP contribution in [0.3, 0.4) is 0 Å². The Morgan fingerprint density at radius 3 is 2.45 bits per heavy atom. The second-order valence-corrected chi connectivity index (χ2v) is 2.82. The van der Waals surface area contributed by atoms with Crippen molar-refractivity contribution in [1.29, 1.82) is 0 Å². The lowest BCUT2D eigenvalue weighted by Gasteiger charge is -1.98. The molecule has 0 fully saturated rings. The van der Waals surface area contributed by atoms with Crippen molar-refractivity contribution >= 4 is 32.4 Å². The van der Waals surface area contributed by atoms with Gasteiger partial charge in [0, 0.05) is 6.42 Å². The minimum atomic E-state index is -0.566. The first-order valence-corrected chi connectivity index (χ1v) is 3.85. The molecule has 0 saturated carbocycles. The van der Waals surface area contributed by atoms with Crippen LogP contribution in [-0.4, -0.2) is 21.8 Å². The molecule has 0 atom stereocenters. The van der Waals surface area contributed by atoms with Crippen LogP contribution in [0, 0.1) is 0 Å². The predicted octanol–water partition coefficient (Wildman–Crippen LogP) is 0.718. The lowest BCUT2D eigenvalue weighted by Crippen LogP contribution is -2.07. The normalized spacial score (nSPS) is 9.27. The van der Waals surface area contributed by atoms with Crippen LogP contribution < -0.4 is 0 Å². The summed E-state index contributed by atoms with van der Waals surface area (Å²) >= 11 is 1.59. The Hall–Kier alpha value is -0.210. The summed E-state index contributed by atoms with van der Waals surface area (Å²) < 4.78 is 4.17. The monoisotopic (exact) mass is 274 g/mol. The Morgan fingerprint density at radius 1 is 1.36 bits per heavy atom. The Kier molecular flexibility index (Phi) is 6.37. The minimum Gasteiger partial charge on any atom is -0.436 e. The standard InChI is InChI=1S/C5H7IO5/c6-4(7)1-2-5(8)10-3-11-9/h9H,1-3H2. The maximum atomic E-state index is 10.5. The van der Waals surface area contributed by atoms with Gasteiger partial charge in [-0.1, -0.05) is 0 Å². The Bertz CT molecular complexity index is 146. The molecule has 0 aliphatic rings. The van der Waals surface area contributed by atoms with Gasteiger partial charge in [-0.15, -0.1) is 0 Å². The van der Waals surface area contributed by atoms with E-state index in [4.69, 9.17) is 5.26 Å². The average molecular weight is 274 g/mol. The number of carbonyl (C=O) groups excluding carboxylic acids is 2. The molecule has 1 N–H and O–H groups in total. The maximum absolute atomic E-state index is 10.5. The quantitative estimate of drug-likeness (QED) is 0.200. The Labute approximate surface area is 76.7 Å². The van der Waals surface area contributed by atoms with Gasteiger partial charge >= 0.3 is 5.97 Å². The van der Waals surface area contributed by atoms with Crippen molar-refractivity contribution in [2.75, 3.05) is 6.79 Å². The topological polar surface area (TPSA) is 72.8 Å². The van der Waals surface area contributed by atoms with Gasteiger partial charge in [0.15, 0.2) is 3.79 Å². The third-order valence-corrected chi connectivity index (χ3v) is 1.34. The molecule has 0 rings (SSSR count). The third-order valence-electron chi connectivity index (χ3n) is 0.798. The molecule has 6 heteroatoms. The zero-order valence-corrected chi connectivity index (χ0v) is 7.74. The smallest absolute Gasteiger partial charge is 0.308 e. The van der Waals surface area contributed by atoms with Crippen molar-refractivity contribution < 1.29 is 24.5 Å². The highest BCUT2D eigenvalue weighted by Gasteiger charge is 2.04. The molecule has 0 spiro atoms. The molecule has 0 aromatic rings. The molecule has 0 aliphatic heterocycles. The summed E-state index contributed by atoms with van der Waals surface area (Å²) in [4.78, 5) is 24.3. The summed E-state index contributed by atoms with van der Waals surface area (Å²) in [6.07, 6.45) is 0.163. The van der Waals surface area contributed by atoms with E-state index in [2.05, 4.69) is 9.62 Å². The van der Waals surface area contributed by atoms with Crippen LogP contribution in [0.15, 0.2) is 0 Å². The van der Waals surface area contributed by atoms with Crippen LogP contribution in [0.25, 0.3) is 0 Å². The van der Waals surface area contributed by atoms with Crippen molar-refractivity contribution in [2.24, 2.45) is 0 Å². The largest absolute Gasteiger partial charge is 0.436 e. The number of rotatable bonds is 5. The van der Waals surface area contributed by atoms with Gasteiger partial charge in [0.25, 0.3) is 0 Å². The van der Waals surface area contributed by atoms with E-state index in [0.29, 0.717) is 0 Å². The number of hydrogen-bond acceptors (Lipinski definition) is 5. The number of halogens is 1. The molecule has 0 heterocycles. The average Bonchev–Trinajstić information content (AvgIpc) is 1.97. The van der Waals surface area contributed by atoms with Gasteiger partial charge in [0.2, 0.25) is 6.79 Å². The van der Waals surface area contributed by atoms with E-state index in [1.807, 2.05) is 0 Å². The lowest BCUT2D eigenvalue weighted by atomic mass is 10.3. The van der Waals surface area contributed by atoms with Crippen LogP contribution >= 0.6 is 22.6 Å². The van der Waals surface area contributed by atoms with Crippen LogP contribution in [0.4, 0.5) is 0 Å². The molecule has 64 valence electrons. The maximum Gasteiger partial charge on any atom is 0.308 e. The van der Waals surface area contributed by atoms with Gasteiger partial charge in [-0.05, 0) is 22.6 Å². The van der Waals surface area contributed by atoms with Crippen molar-refractivity contribution in [3.63, 3.8) is 0 Å². The summed E-state index contributed by atoms with van der Waals surface area (Å²) in [5.74, 6) is -0.566. The van der Waals surface area contributed by atoms with Gasteiger partial charge < -0.3 is 4.74 Å². The lowest BCUT2D eigenvalue weighted by molar-refractivity contribution is -0.289. The highest BCUT2D eigenvalue weighted by atomic mass is 127. The predicted molar refractivity (Wildman–Crippen MR) is 42.9 cm³/mol. The van der Waals surface area contributed by atoms with E-state index in [9.17, 15) is 9.59 Å². The van der Waals surface area contributed by atoms with Gasteiger partial charge in [-0.25, -0.2) is 5.26 Å².